The summed E-state index contributed by atoms with van der Waals surface area (Å²) in [6.07, 6.45) is 1.74. The second-order valence-electron chi connectivity index (χ2n) is 7.24. The second kappa shape index (κ2) is 8.65. The summed E-state index contributed by atoms with van der Waals surface area (Å²) in [7, 11) is 0. The molecule has 26 heavy (non-hydrogen) atoms. The van der Waals surface area contributed by atoms with E-state index in [2.05, 4.69) is 22.8 Å². The Hall–Kier alpha value is -2.62. The largest absolute Gasteiger partial charge is 0.355 e. The lowest BCUT2D eigenvalue weighted by atomic mass is 9.90. The van der Waals surface area contributed by atoms with Gasteiger partial charge in [-0.1, -0.05) is 42.5 Å². The first-order chi connectivity index (χ1) is 12.3. The molecule has 2 aromatic carbocycles. The zero-order valence-electron chi connectivity index (χ0n) is 16.1. The highest BCUT2D eigenvalue weighted by molar-refractivity contribution is 6.10. The van der Waals surface area contributed by atoms with Crippen LogP contribution in [0.15, 0.2) is 48.5 Å². The molecule has 4 heteroatoms. The molecule has 2 amide bonds. The number of carbonyl (C=O) groups is 2. The molecule has 0 aromatic heterocycles. The van der Waals surface area contributed by atoms with Gasteiger partial charge in [0.15, 0.2) is 0 Å². The first-order valence-electron chi connectivity index (χ1n) is 9.01. The molecule has 0 aliphatic rings. The number of nitrogens with one attached hydrogen (secondary N) is 2. The van der Waals surface area contributed by atoms with Gasteiger partial charge in [-0.3, -0.25) is 9.59 Å². The summed E-state index contributed by atoms with van der Waals surface area (Å²) in [5.74, 6) is -0.555. The van der Waals surface area contributed by atoms with E-state index in [0.717, 1.165) is 29.7 Å². The van der Waals surface area contributed by atoms with E-state index in [1.165, 1.54) is 5.56 Å². The monoisotopic (exact) mass is 352 g/mol. The van der Waals surface area contributed by atoms with Crippen LogP contribution in [0.4, 0.5) is 5.69 Å². The number of amides is 2. The van der Waals surface area contributed by atoms with Crippen molar-refractivity contribution in [3.8, 4) is 0 Å². The van der Waals surface area contributed by atoms with Crippen molar-refractivity contribution in [3.05, 3.63) is 65.2 Å². The fourth-order valence-electron chi connectivity index (χ4n) is 2.61. The number of benzene rings is 2. The lowest BCUT2D eigenvalue weighted by molar-refractivity contribution is -0.138. The van der Waals surface area contributed by atoms with Gasteiger partial charge in [0.05, 0.1) is 0 Å². The number of rotatable bonds is 7. The van der Waals surface area contributed by atoms with Crippen molar-refractivity contribution in [3.63, 3.8) is 0 Å². The molecule has 0 radical (unpaired) electrons. The smallest absolute Gasteiger partial charge is 0.239 e. The Bertz CT molecular complexity index is 767. The second-order valence-corrected chi connectivity index (χ2v) is 7.24. The van der Waals surface area contributed by atoms with Crippen molar-refractivity contribution < 1.29 is 9.59 Å². The number of hydrogen-bond acceptors (Lipinski definition) is 2. The van der Waals surface area contributed by atoms with Crippen LogP contribution in [-0.2, 0) is 16.0 Å². The van der Waals surface area contributed by atoms with Gasteiger partial charge in [-0.25, -0.2) is 0 Å². The molecule has 138 valence electrons. The average Bonchev–Trinajstić information content (AvgIpc) is 2.62. The van der Waals surface area contributed by atoms with E-state index < -0.39 is 5.41 Å². The third-order valence-electron chi connectivity index (χ3n) is 4.55. The molecule has 2 rings (SSSR count). The molecule has 2 aromatic rings. The minimum absolute atomic E-state index is 0.256. The standard InChI is InChI=1S/C22H28N2O2/c1-16-12-13-17(2)19(15-16)24-21(26)22(3,4)20(25)23-14-8-11-18-9-6-5-7-10-18/h5-7,9-10,12-13,15H,8,11,14H2,1-4H3,(H,23,25)(H,24,26). The molecule has 0 aliphatic carbocycles. The maximum Gasteiger partial charge on any atom is 0.239 e. The Morgan fingerprint density at radius 2 is 1.65 bits per heavy atom. The highest BCUT2D eigenvalue weighted by atomic mass is 16.2. The Morgan fingerprint density at radius 1 is 0.962 bits per heavy atom. The van der Waals surface area contributed by atoms with E-state index in [0.29, 0.717) is 6.54 Å². The molecule has 0 atom stereocenters. The van der Waals surface area contributed by atoms with Crippen molar-refractivity contribution in [2.45, 2.75) is 40.5 Å². The van der Waals surface area contributed by atoms with Crippen molar-refractivity contribution in [1.82, 2.24) is 5.32 Å². The molecule has 2 N–H and O–H groups in total. The van der Waals surface area contributed by atoms with Gasteiger partial charge in [0.2, 0.25) is 11.8 Å². The fraction of sp³-hybridized carbons (Fsp3) is 0.364. The van der Waals surface area contributed by atoms with Crippen LogP contribution in [0.3, 0.4) is 0 Å². The van der Waals surface area contributed by atoms with Crippen LogP contribution in [0.5, 0.6) is 0 Å². The highest BCUT2D eigenvalue weighted by Crippen LogP contribution is 2.22. The quantitative estimate of drug-likeness (QED) is 0.584. The van der Waals surface area contributed by atoms with E-state index in [9.17, 15) is 9.59 Å². The Morgan fingerprint density at radius 3 is 2.35 bits per heavy atom. The summed E-state index contributed by atoms with van der Waals surface area (Å²) in [5, 5.41) is 5.77. The van der Waals surface area contributed by atoms with Gasteiger partial charge < -0.3 is 10.6 Å². The molecular formula is C22H28N2O2. The molecule has 0 spiro atoms. The molecule has 0 bridgehead atoms. The summed E-state index contributed by atoms with van der Waals surface area (Å²) >= 11 is 0. The van der Waals surface area contributed by atoms with Gasteiger partial charge >= 0.3 is 0 Å². The number of aryl methyl sites for hydroxylation is 3. The van der Waals surface area contributed by atoms with Crippen molar-refractivity contribution >= 4 is 17.5 Å². The molecule has 0 fully saturated rings. The Kier molecular flexibility index (Phi) is 6.56. The molecule has 0 unspecified atom stereocenters. The zero-order chi connectivity index (χ0) is 19.2. The Balaban J connectivity index is 1.87. The normalized spacial score (nSPS) is 11.1. The third-order valence-corrected chi connectivity index (χ3v) is 4.55. The van der Waals surface area contributed by atoms with Gasteiger partial charge in [-0.2, -0.15) is 0 Å². The number of carbonyl (C=O) groups excluding carboxylic acids is 2. The van der Waals surface area contributed by atoms with E-state index in [1.54, 1.807) is 13.8 Å². The van der Waals surface area contributed by atoms with E-state index in [1.807, 2.05) is 50.2 Å². The summed E-state index contributed by atoms with van der Waals surface area (Å²) < 4.78 is 0. The van der Waals surface area contributed by atoms with Crippen LogP contribution in [0, 0.1) is 19.3 Å². The molecule has 0 saturated carbocycles. The lowest BCUT2D eigenvalue weighted by Crippen LogP contribution is -2.45. The van der Waals surface area contributed by atoms with Gasteiger partial charge in [-0.05, 0) is 63.3 Å². The summed E-state index contributed by atoms with van der Waals surface area (Å²) in [6.45, 7) is 7.76. The van der Waals surface area contributed by atoms with Gasteiger partial charge in [-0.15, -0.1) is 0 Å². The van der Waals surface area contributed by atoms with E-state index >= 15 is 0 Å². The molecule has 4 nitrogen and oxygen atoms in total. The minimum atomic E-state index is -1.14. The van der Waals surface area contributed by atoms with Crippen LogP contribution in [-0.4, -0.2) is 18.4 Å². The van der Waals surface area contributed by atoms with Crippen molar-refractivity contribution in [2.24, 2.45) is 5.41 Å². The van der Waals surface area contributed by atoms with Crippen LogP contribution < -0.4 is 10.6 Å². The summed E-state index contributed by atoms with van der Waals surface area (Å²) in [5.41, 5.74) is 2.90. The van der Waals surface area contributed by atoms with E-state index in [-0.39, 0.29) is 11.8 Å². The predicted molar refractivity (Wildman–Crippen MR) is 106 cm³/mol. The van der Waals surface area contributed by atoms with Gasteiger partial charge in [0.1, 0.15) is 5.41 Å². The maximum absolute atomic E-state index is 12.6. The molecular weight excluding hydrogens is 324 g/mol. The van der Waals surface area contributed by atoms with Gasteiger partial charge in [0.25, 0.3) is 0 Å². The molecule has 0 saturated heterocycles. The minimum Gasteiger partial charge on any atom is -0.355 e. The molecule has 0 aliphatic heterocycles. The van der Waals surface area contributed by atoms with Crippen molar-refractivity contribution in [2.75, 3.05) is 11.9 Å². The molecule has 0 heterocycles. The third kappa shape index (κ3) is 5.19. The SMILES string of the molecule is Cc1ccc(C)c(NC(=O)C(C)(C)C(=O)NCCCc2ccccc2)c1. The highest BCUT2D eigenvalue weighted by Gasteiger charge is 2.36. The topological polar surface area (TPSA) is 58.2 Å². The van der Waals surface area contributed by atoms with Gasteiger partial charge in [0, 0.05) is 12.2 Å². The lowest BCUT2D eigenvalue weighted by Gasteiger charge is -2.23. The average molecular weight is 352 g/mol. The number of hydrogen-bond donors (Lipinski definition) is 2. The first-order valence-corrected chi connectivity index (χ1v) is 9.01. The van der Waals surface area contributed by atoms with Crippen LogP contribution >= 0.6 is 0 Å². The number of anilines is 1. The van der Waals surface area contributed by atoms with Crippen molar-refractivity contribution in [1.29, 1.82) is 0 Å². The zero-order valence-corrected chi connectivity index (χ0v) is 16.1. The predicted octanol–water partition coefficient (Wildman–Crippen LogP) is 4.02. The fourth-order valence-corrected chi connectivity index (χ4v) is 2.61. The van der Waals surface area contributed by atoms with Crippen LogP contribution in [0.25, 0.3) is 0 Å². The summed E-state index contributed by atoms with van der Waals surface area (Å²) in [4.78, 5) is 25.1. The van der Waals surface area contributed by atoms with Crippen LogP contribution in [0.1, 0.15) is 37.0 Å². The first kappa shape index (κ1) is 19.7. The maximum atomic E-state index is 12.6. The van der Waals surface area contributed by atoms with E-state index in [4.69, 9.17) is 0 Å². The summed E-state index contributed by atoms with van der Waals surface area (Å²) in [6, 6.07) is 16.0. The van der Waals surface area contributed by atoms with Crippen LogP contribution in [0.2, 0.25) is 0 Å². The Labute approximate surface area is 156 Å².